The topological polar surface area (TPSA) is 37.9 Å². The third kappa shape index (κ3) is 6.61. The van der Waals surface area contributed by atoms with E-state index in [0.29, 0.717) is 5.84 Å². The fourth-order valence-corrected chi connectivity index (χ4v) is 7.16. The van der Waals surface area contributed by atoms with E-state index in [1.54, 1.807) is 0 Å². The minimum atomic E-state index is 0.666. The van der Waals surface area contributed by atoms with Gasteiger partial charge in [-0.2, -0.15) is 0 Å². The van der Waals surface area contributed by atoms with Crippen molar-refractivity contribution in [2.75, 3.05) is 0 Å². The quantitative estimate of drug-likeness (QED) is 0.123. The van der Waals surface area contributed by atoms with Crippen molar-refractivity contribution in [1.29, 1.82) is 0 Å². The van der Waals surface area contributed by atoms with E-state index in [1.807, 2.05) is 18.2 Å². The zero-order valence-electron chi connectivity index (χ0n) is 29.8. The Morgan fingerprint density at radius 3 is 1.87 bits per heavy atom. The monoisotopic (exact) mass is 672 g/mol. The summed E-state index contributed by atoms with van der Waals surface area (Å²) in [4.78, 5) is 10.7. The minimum Gasteiger partial charge on any atom is -0.456 e. The largest absolute Gasteiger partial charge is 0.456 e. The lowest BCUT2D eigenvalue weighted by molar-refractivity contribution is 0.595. The third-order valence-corrected chi connectivity index (χ3v) is 9.72. The van der Waals surface area contributed by atoms with Gasteiger partial charge in [0.2, 0.25) is 0 Å². The van der Waals surface area contributed by atoms with E-state index < -0.39 is 0 Å². The number of hydrogen-bond donors (Lipinski definition) is 0. The maximum Gasteiger partial charge on any atom is 0.160 e. The Morgan fingerprint density at radius 1 is 0.538 bits per heavy atom. The molecule has 0 aliphatic heterocycles. The Morgan fingerprint density at radius 2 is 1.12 bits per heavy atom. The van der Waals surface area contributed by atoms with E-state index in [9.17, 15) is 0 Å². The van der Waals surface area contributed by atoms with E-state index in [-0.39, 0.29) is 0 Å². The van der Waals surface area contributed by atoms with Gasteiger partial charge in [-0.25, -0.2) is 9.98 Å². The van der Waals surface area contributed by atoms with Gasteiger partial charge in [-0.05, 0) is 96.8 Å². The van der Waals surface area contributed by atoms with Gasteiger partial charge in [0.15, 0.2) is 5.84 Å². The molecule has 0 fully saturated rings. The first-order valence-electron chi connectivity index (χ1n) is 18.0. The van der Waals surface area contributed by atoms with Gasteiger partial charge in [0.1, 0.15) is 11.3 Å². The Bertz CT molecular complexity index is 2530. The first-order valence-corrected chi connectivity index (χ1v) is 18.0. The summed E-state index contributed by atoms with van der Waals surface area (Å²) in [7, 11) is 0. The summed E-state index contributed by atoms with van der Waals surface area (Å²) in [5, 5.41) is 1.19. The van der Waals surface area contributed by atoms with E-state index in [0.717, 1.165) is 74.5 Å². The normalized spacial score (nSPS) is 12.9. The molecule has 0 atom stereocenters. The van der Waals surface area contributed by atoms with Crippen molar-refractivity contribution in [3.05, 3.63) is 191 Å². The number of benzene rings is 6. The van der Waals surface area contributed by atoms with E-state index >= 15 is 0 Å². The number of nitrogens with zero attached hydrogens (tertiary/aromatic N) is 2. The van der Waals surface area contributed by atoms with Crippen molar-refractivity contribution in [1.82, 2.24) is 0 Å². The summed E-state index contributed by atoms with van der Waals surface area (Å²) in [5.74, 6) is 1.64. The van der Waals surface area contributed by atoms with Crippen LogP contribution in [0.4, 0.5) is 0 Å². The molecular weight excluding hydrogens is 633 g/mol. The van der Waals surface area contributed by atoms with Gasteiger partial charge in [0.05, 0.1) is 5.70 Å². The Kier molecular flexibility index (Phi) is 9.16. The third-order valence-electron chi connectivity index (χ3n) is 9.72. The fourth-order valence-electron chi connectivity index (χ4n) is 7.16. The minimum absolute atomic E-state index is 0.666. The summed E-state index contributed by atoms with van der Waals surface area (Å²) in [5.41, 5.74) is 15.2. The molecule has 1 aliphatic rings. The standard InChI is InChI=1S/C49H40N2O/c1-33(2)48(39-23-14-21-37(31-39)42-26-11-10-25-41(42)36-19-8-5-9-20-36)51-49(50-34(3)35-17-6-4-7-18-35)40-24-15-22-38(32-40)43-28-16-30-46-47(43)44-27-12-13-29-45(44)52-46/h4-11,13-26,28-32H,12,27H2,1-3H3/b50-34+,51-49-. The Hall–Kier alpha value is -6.32. The highest BCUT2D eigenvalue weighted by Gasteiger charge is 2.19. The molecule has 8 rings (SSSR count). The molecule has 3 nitrogen and oxygen atoms in total. The van der Waals surface area contributed by atoms with Crippen molar-refractivity contribution in [2.24, 2.45) is 9.98 Å². The van der Waals surface area contributed by atoms with Crippen molar-refractivity contribution in [3.63, 3.8) is 0 Å². The highest BCUT2D eigenvalue weighted by Crippen LogP contribution is 2.39. The molecule has 0 bridgehead atoms. The number of hydrogen-bond acceptors (Lipinski definition) is 2. The molecule has 0 saturated carbocycles. The number of furan rings is 1. The van der Waals surface area contributed by atoms with Crippen LogP contribution >= 0.6 is 0 Å². The van der Waals surface area contributed by atoms with Gasteiger partial charge in [-0.1, -0.05) is 145 Å². The van der Waals surface area contributed by atoms with Crippen molar-refractivity contribution in [3.8, 4) is 33.4 Å². The van der Waals surface area contributed by atoms with Gasteiger partial charge in [-0.15, -0.1) is 0 Å². The lowest BCUT2D eigenvalue weighted by atomic mass is 9.93. The summed E-state index contributed by atoms with van der Waals surface area (Å²) < 4.78 is 6.30. The highest BCUT2D eigenvalue weighted by molar-refractivity contribution is 6.13. The second kappa shape index (κ2) is 14.5. The number of rotatable bonds is 7. The van der Waals surface area contributed by atoms with Crippen molar-refractivity contribution < 1.29 is 4.42 Å². The molecule has 0 radical (unpaired) electrons. The SMILES string of the molecule is CC(C)=C(/N=C(\N=C(/C)c1ccccc1)c1cccc(-c2cccc3oc4c(c23)CCC=C4)c1)c1cccc(-c2ccccc2-c2ccccc2)c1. The van der Waals surface area contributed by atoms with Crippen LogP contribution < -0.4 is 0 Å². The van der Waals surface area contributed by atoms with Gasteiger partial charge in [0, 0.05) is 27.8 Å². The highest BCUT2D eigenvalue weighted by atomic mass is 16.3. The zero-order valence-corrected chi connectivity index (χ0v) is 29.8. The Labute approximate surface area is 306 Å². The first-order chi connectivity index (χ1) is 25.5. The van der Waals surface area contributed by atoms with Crippen LogP contribution in [0.3, 0.4) is 0 Å². The summed E-state index contributed by atoms with van der Waals surface area (Å²) >= 11 is 0. The molecule has 1 aliphatic carbocycles. The zero-order chi connectivity index (χ0) is 35.4. The van der Waals surface area contributed by atoms with Crippen molar-refractivity contribution >= 4 is 34.3 Å². The van der Waals surface area contributed by atoms with Gasteiger partial charge >= 0.3 is 0 Å². The molecule has 252 valence electrons. The lowest BCUT2D eigenvalue weighted by Gasteiger charge is -2.14. The molecule has 52 heavy (non-hydrogen) atoms. The second-order valence-corrected chi connectivity index (χ2v) is 13.5. The van der Waals surface area contributed by atoms with Gasteiger partial charge in [-0.3, -0.25) is 0 Å². The summed E-state index contributed by atoms with van der Waals surface area (Å²) in [6.07, 6.45) is 6.30. The molecule has 0 spiro atoms. The second-order valence-electron chi connectivity index (χ2n) is 13.5. The van der Waals surface area contributed by atoms with Crippen LogP contribution in [0.25, 0.3) is 56.1 Å². The summed E-state index contributed by atoms with van der Waals surface area (Å²) in [6, 6.07) is 53.2. The van der Waals surface area contributed by atoms with Crippen LogP contribution in [-0.2, 0) is 6.42 Å². The maximum absolute atomic E-state index is 6.30. The number of fused-ring (bicyclic) bond motifs is 3. The maximum atomic E-state index is 6.30. The molecule has 1 heterocycles. The molecule has 6 aromatic carbocycles. The number of amidine groups is 1. The predicted molar refractivity (Wildman–Crippen MR) is 220 cm³/mol. The summed E-state index contributed by atoms with van der Waals surface area (Å²) in [6.45, 7) is 6.31. The van der Waals surface area contributed by atoms with Crippen LogP contribution in [-0.4, -0.2) is 11.5 Å². The molecule has 0 saturated heterocycles. The molecular formula is C49H40N2O. The molecule has 0 unspecified atom stereocenters. The number of allylic oxidation sites excluding steroid dienone is 2. The molecule has 1 aromatic heterocycles. The predicted octanol–water partition coefficient (Wildman–Crippen LogP) is 13.1. The van der Waals surface area contributed by atoms with Crippen LogP contribution in [0.2, 0.25) is 0 Å². The average molecular weight is 673 g/mol. The van der Waals surface area contributed by atoms with Crippen LogP contribution in [0, 0.1) is 0 Å². The molecule has 0 amide bonds. The van der Waals surface area contributed by atoms with Crippen molar-refractivity contribution in [2.45, 2.75) is 33.6 Å². The Balaban J connectivity index is 1.26. The van der Waals surface area contributed by atoms with Crippen LogP contribution in [0.15, 0.2) is 178 Å². The molecule has 0 N–H and O–H groups in total. The van der Waals surface area contributed by atoms with Crippen LogP contribution in [0.1, 0.15) is 55.2 Å². The number of aliphatic imine (C=N–C) groups is 2. The average Bonchev–Trinajstić information content (AvgIpc) is 3.59. The molecule has 7 aromatic rings. The van der Waals surface area contributed by atoms with E-state index in [1.165, 1.54) is 27.6 Å². The van der Waals surface area contributed by atoms with E-state index in [2.05, 4.69) is 166 Å². The van der Waals surface area contributed by atoms with Gasteiger partial charge < -0.3 is 4.42 Å². The van der Waals surface area contributed by atoms with Gasteiger partial charge in [0.25, 0.3) is 0 Å². The number of aryl methyl sites for hydroxylation is 1. The lowest BCUT2D eigenvalue weighted by Crippen LogP contribution is -2.05. The van der Waals surface area contributed by atoms with E-state index in [4.69, 9.17) is 14.4 Å². The fraction of sp³-hybridized carbons (Fsp3) is 0.102. The smallest absolute Gasteiger partial charge is 0.160 e. The first kappa shape index (κ1) is 32.9. The van der Waals surface area contributed by atoms with Crippen LogP contribution in [0.5, 0.6) is 0 Å². The molecule has 3 heteroatoms.